The Kier molecular flexibility index (Phi) is 3.23. The van der Waals surface area contributed by atoms with E-state index in [1.165, 1.54) is 4.90 Å². The lowest BCUT2D eigenvalue weighted by atomic mass is 10.1. The van der Waals surface area contributed by atoms with Crippen LogP contribution in [0.3, 0.4) is 0 Å². The first kappa shape index (κ1) is 14.1. The van der Waals surface area contributed by atoms with Gasteiger partial charge in [0.05, 0.1) is 6.61 Å². The number of aliphatic imine (C=N–C) groups is 3. The number of amidine groups is 1. The molecule has 1 unspecified atom stereocenters. The van der Waals surface area contributed by atoms with Gasteiger partial charge in [-0.2, -0.15) is 5.26 Å². The molecule has 10 nitrogen and oxygen atoms in total. The van der Waals surface area contributed by atoms with Gasteiger partial charge in [0.15, 0.2) is 12.1 Å². The fraction of sp³-hybridized carbons (Fsp3) is 0.636. The number of nitrogens with two attached hydrogens (primary N) is 1. The van der Waals surface area contributed by atoms with Crippen molar-refractivity contribution in [1.82, 2.24) is 4.90 Å². The van der Waals surface area contributed by atoms with E-state index >= 15 is 0 Å². The summed E-state index contributed by atoms with van der Waals surface area (Å²) < 4.78 is 5.42. The van der Waals surface area contributed by atoms with E-state index < -0.39 is 36.8 Å². The van der Waals surface area contributed by atoms with Crippen LogP contribution >= 0.6 is 0 Å². The number of aliphatic hydroxyl groups excluding tert-OH is 3. The smallest absolute Gasteiger partial charge is 0.243 e. The lowest BCUT2D eigenvalue weighted by Gasteiger charge is -2.29. The van der Waals surface area contributed by atoms with Gasteiger partial charge in [0.1, 0.15) is 43.1 Å². The van der Waals surface area contributed by atoms with Crippen LogP contribution in [-0.2, 0) is 4.74 Å². The van der Waals surface area contributed by atoms with Crippen molar-refractivity contribution in [2.24, 2.45) is 20.7 Å². The minimum atomic E-state index is -1.62. The van der Waals surface area contributed by atoms with Crippen LogP contribution in [0.25, 0.3) is 0 Å². The van der Waals surface area contributed by atoms with Crippen molar-refractivity contribution < 1.29 is 20.1 Å². The fourth-order valence-corrected chi connectivity index (χ4v) is 2.50. The highest BCUT2D eigenvalue weighted by Gasteiger charge is 2.50. The summed E-state index contributed by atoms with van der Waals surface area (Å²) in [5, 5.41) is 38.1. The Balaban J connectivity index is 1.87. The SMILES string of the molecule is N#CC1(N)N=CN=C2C1=NCN2[C@@H]1O[C@H](CO)[C@@H](O)[C@H]1O. The summed E-state index contributed by atoms with van der Waals surface area (Å²) in [5.74, 6) is 0.267. The number of hydrogen-bond acceptors (Lipinski definition) is 10. The molecule has 5 N–H and O–H groups in total. The van der Waals surface area contributed by atoms with Crippen LogP contribution in [0.2, 0.25) is 0 Å². The summed E-state index contributed by atoms with van der Waals surface area (Å²) in [6.45, 7) is -0.367. The van der Waals surface area contributed by atoms with Crippen molar-refractivity contribution in [2.45, 2.75) is 30.2 Å². The topological polar surface area (TPSA) is 160 Å². The Bertz CT molecular complexity index is 584. The molecule has 21 heavy (non-hydrogen) atoms. The van der Waals surface area contributed by atoms with Gasteiger partial charge in [0, 0.05) is 0 Å². The molecule has 3 aliphatic rings. The molecule has 1 saturated heterocycles. The van der Waals surface area contributed by atoms with E-state index in [0.29, 0.717) is 0 Å². The Hall–Kier alpha value is -1.90. The average molecular weight is 294 g/mol. The molecule has 0 radical (unpaired) electrons. The number of fused-ring (bicyclic) bond motifs is 1. The van der Waals surface area contributed by atoms with Crippen molar-refractivity contribution in [2.75, 3.05) is 13.3 Å². The molecule has 3 aliphatic heterocycles. The Morgan fingerprint density at radius 3 is 2.90 bits per heavy atom. The van der Waals surface area contributed by atoms with Crippen molar-refractivity contribution in [3.8, 4) is 6.07 Å². The minimum absolute atomic E-state index is 0.0603. The molecule has 0 aromatic rings. The van der Waals surface area contributed by atoms with E-state index in [1.54, 1.807) is 0 Å². The maximum Gasteiger partial charge on any atom is 0.243 e. The first-order valence-corrected chi connectivity index (χ1v) is 6.28. The molecule has 1 fully saturated rings. The second-order valence-corrected chi connectivity index (χ2v) is 4.92. The van der Waals surface area contributed by atoms with Gasteiger partial charge in [0.25, 0.3) is 0 Å². The van der Waals surface area contributed by atoms with Crippen molar-refractivity contribution in [1.29, 1.82) is 5.26 Å². The van der Waals surface area contributed by atoms with Crippen molar-refractivity contribution in [3.63, 3.8) is 0 Å². The van der Waals surface area contributed by atoms with Gasteiger partial charge in [-0.15, -0.1) is 0 Å². The van der Waals surface area contributed by atoms with E-state index in [0.717, 1.165) is 6.34 Å². The van der Waals surface area contributed by atoms with Crippen LogP contribution in [0, 0.1) is 11.3 Å². The molecule has 0 amide bonds. The van der Waals surface area contributed by atoms with E-state index in [4.69, 9.17) is 20.8 Å². The Labute approximate surface area is 119 Å². The summed E-state index contributed by atoms with van der Waals surface area (Å²) in [7, 11) is 0. The first-order chi connectivity index (χ1) is 10.0. The minimum Gasteiger partial charge on any atom is -0.394 e. The van der Waals surface area contributed by atoms with Gasteiger partial charge < -0.3 is 25.0 Å². The largest absolute Gasteiger partial charge is 0.394 e. The van der Waals surface area contributed by atoms with Gasteiger partial charge in [-0.25, -0.2) is 9.98 Å². The first-order valence-electron chi connectivity index (χ1n) is 6.28. The average Bonchev–Trinajstić information content (AvgIpc) is 3.03. The quantitative estimate of drug-likeness (QED) is 0.416. The van der Waals surface area contributed by atoms with Gasteiger partial charge in [-0.1, -0.05) is 0 Å². The van der Waals surface area contributed by atoms with Gasteiger partial charge in [0.2, 0.25) is 5.66 Å². The number of rotatable bonds is 2. The van der Waals surface area contributed by atoms with Crippen LogP contribution < -0.4 is 5.73 Å². The maximum absolute atomic E-state index is 10.0. The molecule has 0 aromatic heterocycles. The summed E-state index contributed by atoms with van der Waals surface area (Å²) in [6.07, 6.45) is -3.15. The number of aliphatic hydroxyl groups is 3. The Morgan fingerprint density at radius 2 is 2.29 bits per heavy atom. The molecule has 10 heteroatoms. The summed E-state index contributed by atoms with van der Waals surface area (Å²) in [4.78, 5) is 13.4. The molecule has 0 spiro atoms. The number of nitriles is 1. The van der Waals surface area contributed by atoms with Crippen LogP contribution in [0.1, 0.15) is 0 Å². The molecule has 0 bridgehead atoms. The third-order valence-corrected chi connectivity index (χ3v) is 3.66. The molecule has 112 valence electrons. The molecule has 0 aromatic carbocycles. The van der Waals surface area contributed by atoms with E-state index in [1.807, 2.05) is 6.07 Å². The molecule has 3 rings (SSSR count). The second kappa shape index (κ2) is 4.83. The fourth-order valence-electron chi connectivity index (χ4n) is 2.50. The molecular weight excluding hydrogens is 280 g/mol. The predicted octanol–water partition coefficient (Wildman–Crippen LogP) is -3.24. The van der Waals surface area contributed by atoms with Crippen molar-refractivity contribution >= 4 is 17.9 Å². The van der Waals surface area contributed by atoms with E-state index in [2.05, 4.69) is 15.0 Å². The summed E-state index contributed by atoms with van der Waals surface area (Å²) >= 11 is 0. The zero-order valence-corrected chi connectivity index (χ0v) is 10.9. The van der Waals surface area contributed by atoms with E-state index in [-0.39, 0.29) is 18.2 Å². The summed E-state index contributed by atoms with van der Waals surface area (Å²) in [6, 6.07) is 1.85. The van der Waals surface area contributed by atoms with Crippen LogP contribution in [0.4, 0.5) is 0 Å². The number of hydrogen-bond donors (Lipinski definition) is 4. The zero-order chi connectivity index (χ0) is 15.2. The van der Waals surface area contributed by atoms with Gasteiger partial charge >= 0.3 is 0 Å². The highest BCUT2D eigenvalue weighted by atomic mass is 16.6. The van der Waals surface area contributed by atoms with Gasteiger partial charge in [-0.05, 0) is 0 Å². The van der Waals surface area contributed by atoms with Crippen LogP contribution in [-0.4, -0.2) is 81.6 Å². The monoisotopic (exact) mass is 294 g/mol. The second-order valence-electron chi connectivity index (χ2n) is 4.92. The maximum atomic E-state index is 10.0. The third-order valence-electron chi connectivity index (χ3n) is 3.66. The number of nitrogens with zero attached hydrogens (tertiary/aromatic N) is 5. The zero-order valence-electron chi connectivity index (χ0n) is 10.9. The summed E-state index contributed by atoms with van der Waals surface area (Å²) in [5.41, 5.74) is 4.39. The number of ether oxygens (including phenoxy) is 1. The van der Waals surface area contributed by atoms with Crippen LogP contribution in [0.15, 0.2) is 15.0 Å². The predicted molar refractivity (Wildman–Crippen MR) is 70.4 cm³/mol. The molecule has 5 atom stereocenters. The molecule has 0 saturated carbocycles. The molecule has 3 heterocycles. The molecule has 0 aliphatic carbocycles. The van der Waals surface area contributed by atoms with E-state index in [9.17, 15) is 10.2 Å². The standard InChI is InChI=1S/C11H14N6O4/c12-2-11(13)8-9(14-3-16-11)17(4-15-8)10-7(20)6(19)5(1-18)21-10/h3,5-7,10,18-20H,1,4,13H2/t5-,6-,7-,10-,11?/m1/s1. The van der Waals surface area contributed by atoms with Gasteiger partial charge in [-0.3, -0.25) is 10.7 Å². The molecular formula is C11H14N6O4. The normalized spacial score (nSPS) is 41.6. The third kappa shape index (κ3) is 1.95. The lowest BCUT2D eigenvalue weighted by molar-refractivity contribution is -0.0688. The highest BCUT2D eigenvalue weighted by Crippen LogP contribution is 2.28. The lowest BCUT2D eigenvalue weighted by Crippen LogP contribution is -2.54. The Morgan fingerprint density at radius 1 is 1.52 bits per heavy atom. The van der Waals surface area contributed by atoms with Crippen molar-refractivity contribution in [3.05, 3.63) is 0 Å². The highest BCUT2D eigenvalue weighted by molar-refractivity contribution is 6.48. The van der Waals surface area contributed by atoms with Crippen LogP contribution in [0.5, 0.6) is 0 Å².